The van der Waals surface area contributed by atoms with Crippen LogP contribution in [-0.4, -0.2) is 0 Å². The molecule has 0 bridgehead atoms. The Morgan fingerprint density at radius 1 is 0.667 bits per heavy atom. The van der Waals surface area contributed by atoms with Gasteiger partial charge in [0.1, 0.15) is 0 Å². The fourth-order valence-electron chi connectivity index (χ4n) is 3.41. The van der Waals surface area contributed by atoms with Crippen LogP contribution < -0.4 is 0 Å². The third kappa shape index (κ3) is 6.86. The molecule has 0 amide bonds. The summed E-state index contributed by atoms with van der Waals surface area (Å²) >= 11 is 0. The van der Waals surface area contributed by atoms with Crippen molar-refractivity contribution in [2.45, 2.75) is 69.2 Å². The van der Waals surface area contributed by atoms with Gasteiger partial charge in [0, 0.05) is 21.7 Å². The van der Waals surface area contributed by atoms with Gasteiger partial charge >= 0.3 is 0 Å². The van der Waals surface area contributed by atoms with Gasteiger partial charge in [-0.1, -0.05) is 65.0 Å². The maximum Gasteiger partial charge on any atom is 0 e. The smallest absolute Gasteiger partial charge is 0 e. The van der Waals surface area contributed by atoms with Crippen molar-refractivity contribution >= 4 is 5.69 Å². The number of hydrogen-bond donors (Lipinski definition) is 0. The van der Waals surface area contributed by atoms with Crippen molar-refractivity contribution in [2.75, 3.05) is 0 Å². The van der Waals surface area contributed by atoms with Gasteiger partial charge in [0.15, 0.2) is 0 Å². The average molecular weight is 435 g/mol. The van der Waals surface area contributed by atoms with E-state index in [0.717, 1.165) is 5.69 Å². The Hall–Kier alpha value is -1.83. The topological polar surface area (TPSA) is 14.1 Å². The molecule has 0 aliphatic rings. The maximum absolute atomic E-state index is 5.07. The van der Waals surface area contributed by atoms with Gasteiger partial charge < -0.3 is 45.9 Å². The largest absolute Gasteiger partial charge is 0.731 e. The van der Waals surface area contributed by atoms with Crippen LogP contribution in [0.25, 0.3) is 5.32 Å². The molecule has 0 radical (unpaired) electrons. The number of nitrogens with zero attached hydrogens (tertiary/aromatic N) is 1. The molecule has 0 heterocycles. The molecule has 0 N–H and O–H groups in total. The van der Waals surface area contributed by atoms with Crippen LogP contribution in [-0.2, 0) is 21.7 Å². The van der Waals surface area contributed by atoms with Crippen molar-refractivity contribution in [2.24, 2.45) is 0 Å². The first-order valence-electron chi connectivity index (χ1n) is 10.2. The normalized spacial score (nSPS) is 9.53. The molecule has 0 spiro atoms. The minimum atomic E-state index is 0. The van der Waals surface area contributed by atoms with Crippen LogP contribution in [0.1, 0.15) is 55.6 Å². The molecule has 3 aromatic carbocycles. The van der Waals surface area contributed by atoms with Crippen molar-refractivity contribution in [3.63, 3.8) is 0 Å². The summed E-state index contributed by atoms with van der Waals surface area (Å²) in [6.07, 6.45) is 1.29. The summed E-state index contributed by atoms with van der Waals surface area (Å²) in [6.45, 7) is 27.1. The summed E-state index contributed by atoms with van der Waals surface area (Å²) in [5.74, 6) is 0. The second-order valence-corrected chi connectivity index (χ2v) is 7.86. The molecule has 1 nitrogen and oxygen atoms in total. The fraction of sp³-hybridized carbons (Fsp3) is 0.357. The van der Waals surface area contributed by atoms with Crippen LogP contribution in [0.2, 0.25) is 0 Å². The van der Waals surface area contributed by atoms with Gasteiger partial charge in [0.05, 0.1) is 0 Å². The Bertz CT molecular complexity index is 723. The molecule has 0 saturated heterocycles. The van der Waals surface area contributed by atoms with Crippen molar-refractivity contribution in [3.05, 3.63) is 104 Å². The standard InChI is InChI=1S/2C10H15.C8H7N.Ti/c2*1-6-7(2)9(4)10(5)8(6)3;1-2-9-8-6-4-3-5-7-8;/h2*1-5H3;1-7H;/q-5;-1;-2;. The Balaban J connectivity index is 0.000000414. The molecule has 3 aromatic rings. The molecule has 0 atom stereocenters. The van der Waals surface area contributed by atoms with E-state index in [0.29, 0.717) is 0 Å². The summed E-state index contributed by atoms with van der Waals surface area (Å²) < 4.78 is 0. The van der Waals surface area contributed by atoms with Crippen molar-refractivity contribution < 1.29 is 21.7 Å². The van der Waals surface area contributed by atoms with E-state index in [4.69, 9.17) is 6.58 Å². The first kappa shape index (κ1) is 28.2. The molecular weight excluding hydrogens is 398 g/mol. The van der Waals surface area contributed by atoms with Crippen molar-refractivity contribution in [1.82, 2.24) is 0 Å². The first-order chi connectivity index (χ1) is 13.5. The van der Waals surface area contributed by atoms with Crippen molar-refractivity contribution in [3.8, 4) is 0 Å². The van der Waals surface area contributed by atoms with E-state index in [9.17, 15) is 0 Å². The zero-order chi connectivity index (χ0) is 22.3. The molecular formula is C28H37NTi-8. The molecule has 3 rings (SSSR count). The molecule has 30 heavy (non-hydrogen) atoms. The number of hydrogen-bond acceptors (Lipinski definition) is 0. The van der Waals surface area contributed by atoms with Gasteiger partial charge in [0.2, 0.25) is 0 Å². The Kier molecular flexibility index (Phi) is 12.0. The van der Waals surface area contributed by atoms with Crippen molar-refractivity contribution in [1.29, 1.82) is 0 Å². The van der Waals surface area contributed by atoms with Gasteiger partial charge in [-0.3, -0.25) is 0 Å². The Morgan fingerprint density at radius 3 is 1.23 bits per heavy atom. The quantitative estimate of drug-likeness (QED) is 0.283. The summed E-state index contributed by atoms with van der Waals surface area (Å²) in [4.78, 5) is 0. The molecule has 0 aromatic heterocycles. The molecule has 0 fully saturated rings. The zero-order valence-electron chi connectivity index (χ0n) is 20.5. The molecule has 166 valence electrons. The Morgan fingerprint density at radius 2 is 1.00 bits per heavy atom. The van der Waals surface area contributed by atoms with Crippen LogP contribution >= 0.6 is 0 Å². The van der Waals surface area contributed by atoms with Gasteiger partial charge in [-0.2, -0.15) is 27.8 Å². The second kappa shape index (κ2) is 12.8. The van der Waals surface area contributed by atoms with E-state index in [1.54, 1.807) is 0 Å². The molecule has 0 saturated carbocycles. The van der Waals surface area contributed by atoms with Gasteiger partial charge in [-0.25, -0.2) is 34.6 Å². The predicted octanol–water partition coefficient (Wildman–Crippen LogP) is 8.53. The first-order valence-corrected chi connectivity index (χ1v) is 10.2. The maximum atomic E-state index is 5.07. The van der Waals surface area contributed by atoms with E-state index in [1.807, 2.05) is 30.3 Å². The van der Waals surface area contributed by atoms with E-state index in [2.05, 4.69) is 74.6 Å². The minimum Gasteiger partial charge on any atom is -0.731 e. The van der Waals surface area contributed by atoms with E-state index in [1.165, 1.54) is 61.8 Å². The number of benzene rings is 1. The van der Waals surface area contributed by atoms with Gasteiger partial charge in [-0.05, 0) is 0 Å². The Labute approximate surface area is 200 Å². The third-order valence-corrected chi connectivity index (χ3v) is 6.60. The monoisotopic (exact) mass is 435 g/mol. The van der Waals surface area contributed by atoms with Crippen LogP contribution in [0.3, 0.4) is 0 Å². The van der Waals surface area contributed by atoms with E-state index < -0.39 is 0 Å². The molecule has 0 unspecified atom stereocenters. The molecule has 0 aliphatic carbocycles. The number of para-hydroxylation sites is 1. The van der Waals surface area contributed by atoms with Gasteiger partial charge in [0.25, 0.3) is 0 Å². The van der Waals surface area contributed by atoms with Crippen LogP contribution in [0.15, 0.2) is 36.5 Å². The van der Waals surface area contributed by atoms with Crippen LogP contribution in [0.4, 0.5) is 5.69 Å². The SMILES string of the molecule is C[c-]1[c-](C)[c-](C)[c-](C)[c-]1C.Cc1c(C)c(C)[c-](C)c1C.[CH-]=C[N-]c1ccccc1.[Ti]. The summed E-state index contributed by atoms with van der Waals surface area (Å²) in [5, 5.41) is 3.86. The fourth-order valence-corrected chi connectivity index (χ4v) is 3.41. The minimum absolute atomic E-state index is 0. The summed E-state index contributed by atoms with van der Waals surface area (Å²) in [7, 11) is 0. The van der Waals surface area contributed by atoms with Crippen LogP contribution in [0, 0.1) is 75.8 Å². The summed E-state index contributed by atoms with van der Waals surface area (Å²) in [5.41, 5.74) is 15.6. The third-order valence-electron chi connectivity index (χ3n) is 6.60. The van der Waals surface area contributed by atoms with E-state index >= 15 is 0 Å². The number of rotatable bonds is 2. The molecule has 0 aliphatic heterocycles. The zero-order valence-corrected chi connectivity index (χ0v) is 22.1. The predicted molar refractivity (Wildman–Crippen MR) is 130 cm³/mol. The average Bonchev–Trinajstić information content (AvgIpc) is 3.00. The second-order valence-electron chi connectivity index (χ2n) is 7.86. The molecule has 2 heteroatoms. The van der Waals surface area contributed by atoms with E-state index in [-0.39, 0.29) is 21.7 Å². The summed E-state index contributed by atoms with van der Waals surface area (Å²) in [6, 6.07) is 9.56. The van der Waals surface area contributed by atoms with Gasteiger partial charge in [-0.15, -0.1) is 5.69 Å². The van der Waals surface area contributed by atoms with Crippen LogP contribution in [0.5, 0.6) is 0 Å².